The minimum atomic E-state index is -0.420. The Kier molecular flexibility index (Phi) is 4.79. The molecule has 1 saturated carbocycles. The summed E-state index contributed by atoms with van der Waals surface area (Å²) >= 11 is 0. The number of nitrogens with two attached hydrogens (primary N) is 1. The van der Waals surface area contributed by atoms with Crippen molar-refractivity contribution >= 4 is 0 Å². The van der Waals surface area contributed by atoms with Crippen molar-refractivity contribution < 1.29 is 14.6 Å². The molecule has 0 amide bonds. The van der Waals surface area contributed by atoms with Gasteiger partial charge in [0.15, 0.2) is 0 Å². The highest BCUT2D eigenvalue weighted by Gasteiger charge is 2.33. The Balaban J connectivity index is 1.71. The normalized spacial score (nSPS) is 39.2. The molecule has 0 aromatic carbocycles. The van der Waals surface area contributed by atoms with Crippen LogP contribution in [0.4, 0.5) is 0 Å². The van der Waals surface area contributed by atoms with Crippen LogP contribution in [0.1, 0.15) is 44.9 Å². The summed E-state index contributed by atoms with van der Waals surface area (Å²) in [5, 5.41) is 9.28. The molecule has 3 N–H and O–H groups in total. The lowest BCUT2D eigenvalue weighted by Gasteiger charge is -2.37. The molecule has 4 heteroatoms. The molecule has 2 fully saturated rings. The highest BCUT2D eigenvalue weighted by molar-refractivity contribution is 4.90. The number of hydrogen-bond acceptors (Lipinski definition) is 4. The third-order valence-corrected chi connectivity index (χ3v) is 3.94. The van der Waals surface area contributed by atoms with Crippen LogP contribution in [0.25, 0.3) is 0 Å². The van der Waals surface area contributed by atoms with E-state index in [4.69, 9.17) is 15.2 Å². The number of aliphatic hydroxyl groups is 1. The topological polar surface area (TPSA) is 64.7 Å². The van der Waals surface area contributed by atoms with Gasteiger partial charge in [-0.25, -0.2) is 0 Å². The standard InChI is InChI=1S/C13H25NO3/c14-13(10-15)6-3-5-11(8-13)17-9-12-4-1-2-7-16-12/h11-12,15H,1-10,14H2. The van der Waals surface area contributed by atoms with Gasteiger partial charge in [-0.2, -0.15) is 0 Å². The van der Waals surface area contributed by atoms with E-state index in [2.05, 4.69) is 0 Å². The summed E-state index contributed by atoms with van der Waals surface area (Å²) in [6, 6.07) is 0. The molecule has 3 atom stereocenters. The van der Waals surface area contributed by atoms with Crippen LogP contribution in [-0.4, -0.2) is 42.7 Å². The lowest BCUT2D eigenvalue weighted by Crippen LogP contribution is -2.49. The predicted octanol–water partition coefficient (Wildman–Crippen LogP) is 1.20. The van der Waals surface area contributed by atoms with Gasteiger partial charge in [0.25, 0.3) is 0 Å². The lowest BCUT2D eigenvalue weighted by atomic mass is 9.81. The Morgan fingerprint density at radius 3 is 2.88 bits per heavy atom. The molecule has 1 aliphatic carbocycles. The largest absolute Gasteiger partial charge is 0.394 e. The van der Waals surface area contributed by atoms with Gasteiger partial charge in [0.1, 0.15) is 0 Å². The van der Waals surface area contributed by atoms with Gasteiger partial charge in [-0.1, -0.05) is 0 Å². The Bertz CT molecular complexity index is 231. The van der Waals surface area contributed by atoms with E-state index in [-0.39, 0.29) is 18.8 Å². The van der Waals surface area contributed by atoms with Crippen LogP contribution in [0.2, 0.25) is 0 Å². The quantitative estimate of drug-likeness (QED) is 0.779. The highest BCUT2D eigenvalue weighted by Crippen LogP contribution is 2.28. The van der Waals surface area contributed by atoms with E-state index >= 15 is 0 Å². The van der Waals surface area contributed by atoms with Crippen LogP contribution >= 0.6 is 0 Å². The molecule has 1 heterocycles. The molecule has 0 bridgehead atoms. The summed E-state index contributed by atoms with van der Waals surface area (Å²) in [7, 11) is 0. The average Bonchev–Trinajstić information content (AvgIpc) is 2.38. The maximum atomic E-state index is 9.28. The zero-order chi connectivity index (χ0) is 12.1. The number of ether oxygens (including phenoxy) is 2. The van der Waals surface area contributed by atoms with Gasteiger partial charge in [0.05, 0.1) is 25.4 Å². The number of aliphatic hydroxyl groups excluding tert-OH is 1. The van der Waals surface area contributed by atoms with Crippen LogP contribution < -0.4 is 5.73 Å². The van der Waals surface area contributed by atoms with E-state index in [9.17, 15) is 5.11 Å². The molecule has 3 unspecified atom stereocenters. The Morgan fingerprint density at radius 1 is 1.29 bits per heavy atom. The van der Waals surface area contributed by atoms with Crippen molar-refractivity contribution in [1.29, 1.82) is 0 Å². The van der Waals surface area contributed by atoms with Crippen molar-refractivity contribution in [2.75, 3.05) is 19.8 Å². The second-order valence-corrected chi connectivity index (χ2v) is 5.56. The van der Waals surface area contributed by atoms with E-state index in [1.54, 1.807) is 0 Å². The van der Waals surface area contributed by atoms with Crippen molar-refractivity contribution in [2.24, 2.45) is 5.73 Å². The summed E-state index contributed by atoms with van der Waals surface area (Å²) in [4.78, 5) is 0. The molecular formula is C13H25NO3. The van der Waals surface area contributed by atoms with Crippen LogP contribution in [0, 0.1) is 0 Å². The van der Waals surface area contributed by atoms with Crippen LogP contribution in [0.15, 0.2) is 0 Å². The van der Waals surface area contributed by atoms with Crippen molar-refractivity contribution in [1.82, 2.24) is 0 Å². The molecule has 2 rings (SSSR count). The minimum Gasteiger partial charge on any atom is -0.394 e. The number of rotatable bonds is 4. The maximum Gasteiger partial charge on any atom is 0.0808 e. The fourth-order valence-corrected chi connectivity index (χ4v) is 2.81. The minimum absolute atomic E-state index is 0.0623. The van der Waals surface area contributed by atoms with Crippen molar-refractivity contribution in [3.63, 3.8) is 0 Å². The molecule has 1 saturated heterocycles. The smallest absolute Gasteiger partial charge is 0.0808 e. The van der Waals surface area contributed by atoms with E-state index in [1.165, 1.54) is 12.8 Å². The first-order valence-corrected chi connectivity index (χ1v) is 6.85. The van der Waals surface area contributed by atoms with Crippen molar-refractivity contribution in [2.45, 2.75) is 62.7 Å². The highest BCUT2D eigenvalue weighted by atomic mass is 16.5. The molecule has 2 aliphatic rings. The van der Waals surface area contributed by atoms with Gasteiger partial charge in [-0.05, 0) is 44.9 Å². The SMILES string of the molecule is NC1(CO)CCCC(OCC2CCCCO2)C1. The first kappa shape index (κ1) is 13.3. The second-order valence-electron chi connectivity index (χ2n) is 5.56. The van der Waals surface area contributed by atoms with Gasteiger partial charge in [0, 0.05) is 12.1 Å². The molecule has 0 aromatic rings. The molecular weight excluding hydrogens is 218 g/mol. The Morgan fingerprint density at radius 2 is 2.18 bits per heavy atom. The second kappa shape index (κ2) is 6.14. The molecule has 17 heavy (non-hydrogen) atoms. The van der Waals surface area contributed by atoms with Crippen molar-refractivity contribution in [3.8, 4) is 0 Å². The van der Waals surface area contributed by atoms with Gasteiger partial charge in [0.2, 0.25) is 0 Å². The first-order chi connectivity index (χ1) is 8.22. The Hall–Kier alpha value is -0.160. The maximum absolute atomic E-state index is 9.28. The molecule has 0 aromatic heterocycles. The van der Waals surface area contributed by atoms with E-state index in [1.807, 2.05) is 0 Å². The molecule has 4 nitrogen and oxygen atoms in total. The van der Waals surface area contributed by atoms with Crippen LogP contribution in [0.5, 0.6) is 0 Å². The van der Waals surface area contributed by atoms with Crippen molar-refractivity contribution in [3.05, 3.63) is 0 Å². The van der Waals surface area contributed by atoms with E-state index in [0.29, 0.717) is 6.61 Å². The third-order valence-electron chi connectivity index (χ3n) is 3.94. The fraction of sp³-hybridized carbons (Fsp3) is 1.00. The number of hydrogen-bond donors (Lipinski definition) is 2. The van der Waals surface area contributed by atoms with E-state index < -0.39 is 5.54 Å². The molecule has 0 spiro atoms. The molecule has 0 radical (unpaired) electrons. The van der Waals surface area contributed by atoms with Gasteiger partial charge < -0.3 is 20.3 Å². The average molecular weight is 243 g/mol. The summed E-state index contributed by atoms with van der Waals surface area (Å²) in [5.74, 6) is 0. The third kappa shape index (κ3) is 3.91. The summed E-state index contributed by atoms with van der Waals surface area (Å²) in [5.41, 5.74) is 5.68. The lowest BCUT2D eigenvalue weighted by molar-refractivity contribution is -0.0789. The molecule has 1 aliphatic heterocycles. The summed E-state index contributed by atoms with van der Waals surface area (Å²) in [6.45, 7) is 1.62. The summed E-state index contributed by atoms with van der Waals surface area (Å²) < 4.78 is 11.5. The van der Waals surface area contributed by atoms with Gasteiger partial charge >= 0.3 is 0 Å². The zero-order valence-electron chi connectivity index (χ0n) is 10.6. The van der Waals surface area contributed by atoms with Gasteiger partial charge in [-0.15, -0.1) is 0 Å². The van der Waals surface area contributed by atoms with E-state index in [0.717, 1.165) is 38.7 Å². The monoisotopic (exact) mass is 243 g/mol. The summed E-state index contributed by atoms with van der Waals surface area (Å²) in [6.07, 6.45) is 7.80. The zero-order valence-corrected chi connectivity index (χ0v) is 10.6. The van der Waals surface area contributed by atoms with Crippen LogP contribution in [0.3, 0.4) is 0 Å². The van der Waals surface area contributed by atoms with Crippen LogP contribution in [-0.2, 0) is 9.47 Å². The van der Waals surface area contributed by atoms with Gasteiger partial charge in [-0.3, -0.25) is 0 Å². The Labute approximate surface area is 103 Å². The fourth-order valence-electron chi connectivity index (χ4n) is 2.81. The molecule has 100 valence electrons. The first-order valence-electron chi connectivity index (χ1n) is 6.85. The predicted molar refractivity (Wildman–Crippen MR) is 65.8 cm³/mol.